The number of rotatable bonds is 6. The molecule has 2 N–H and O–H groups in total. The number of aromatic carboxylic acids is 1. The summed E-state index contributed by atoms with van der Waals surface area (Å²) < 4.78 is 12.3. The van der Waals surface area contributed by atoms with E-state index in [1.165, 1.54) is 12.1 Å². The lowest BCUT2D eigenvalue weighted by Gasteiger charge is -2.12. The van der Waals surface area contributed by atoms with Gasteiger partial charge in [-0.1, -0.05) is 30.3 Å². The van der Waals surface area contributed by atoms with Gasteiger partial charge in [-0.25, -0.2) is 4.79 Å². The van der Waals surface area contributed by atoms with Crippen LogP contribution >= 0.6 is 0 Å². The molecule has 6 heteroatoms. The van der Waals surface area contributed by atoms with Crippen molar-refractivity contribution in [1.82, 2.24) is 0 Å². The fraction of sp³-hybridized carbons (Fsp3) is 0.176. The van der Waals surface area contributed by atoms with E-state index in [0.29, 0.717) is 5.69 Å². The van der Waals surface area contributed by atoms with E-state index in [0.717, 1.165) is 5.56 Å². The van der Waals surface area contributed by atoms with Crippen molar-refractivity contribution in [3.63, 3.8) is 0 Å². The third-order valence-corrected chi connectivity index (χ3v) is 4.94. The predicted molar refractivity (Wildman–Crippen MR) is 89.8 cm³/mol. The molecule has 0 bridgehead atoms. The van der Waals surface area contributed by atoms with Gasteiger partial charge in [0.25, 0.3) is 0 Å². The van der Waals surface area contributed by atoms with Crippen molar-refractivity contribution in [3.8, 4) is 0 Å². The Morgan fingerprint density at radius 2 is 1.70 bits per heavy atom. The number of hydrogen-bond acceptors (Lipinski definition) is 3. The van der Waals surface area contributed by atoms with Gasteiger partial charge in [-0.2, -0.15) is 0 Å². The average molecular weight is 331 g/mol. The molecule has 5 nitrogen and oxygen atoms in total. The first-order valence-electron chi connectivity index (χ1n) is 7.02. The molecule has 0 aromatic heterocycles. The summed E-state index contributed by atoms with van der Waals surface area (Å²) in [5.74, 6) is -1.12. The lowest BCUT2D eigenvalue weighted by atomic mass is 10.1. The fourth-order valence-corrected chi connectivity index (χ4v) is 2.99. The first-order valence-corrected chi connectivity index (χ1v) is 8.41. The molecule has 1 amide bonds. The summed E-state index contributed by atoms with van der Waals surface area (Å²) in [4.78, 5) is 22.9. The molecule has 0 heterocycles. The largest absolute Gasteiger partial charge is 0.478 e. The Hall–Kier alpha value is -2.47. The van der Waals surface area contributed by atoms with Crippen molar-refractivity contribution in [1.29, 1.82) is 0 Å². The molecule has 0 aliphatic heterocycles. The third kappa shape index (κ3) is 4.75. The molecular formula is C17H17NO4S. The fourth-order valence-electron chi connectivity index (χ4n) is 1.92. The van der Waals surface area contributed by atoms with Gasteiger partial charge in [0.05, 0.1) is 5.56 Å². The number of nitrogens with one attached hydrogen (secondary N) is 1. The Morgan fingerprint density at radius 3 is 2.26 bits per heavy atom. The summed E-state index contributed by atoms with van der Waals surface area (Å²) >= 11 is 0. The number of benzene rings is 2. The van der Waals surface area contributed by atoms with Gasteiger partial charge >= 0.3 is 5.97 Å². The third-order valence-electron chi connectivity index (χ3n) is 3.31. The molecule has 0 radical (unpaired) electrons. The standard InChI is InChI=1S/C17H17NO4S/c1-12(16(19)18-15-5-3-2-4-6-15)23(22)11-13-7-9-14(10-8-13)17(20)21/h2-10,12H,11H2,1H3,(H,18,19)(H,20,21). The highest BCUT2D eigenvalue weighted by Crippen LogP contribution is 2.12. The predicted octanol–water partition coefficient (Wildman–Crippen LogP) is 2.66. The summed E-state index contributed by atoms with van der Waals surface area (Å²) in [6, 6.07) is 15.1. The van der Waals surface area contributed by atoms with Crippen molar-refractivity contribution in [2.45, 2.75) is 17.9 Å². The van der Waals surface area contributed by atoms with Gasteiger partial charge in [0.15, 0.2) is 0 Å². The molecule has 120 valence electrons. The van der Waals surface area contributed by atoms with E-state index in [2.05, 4.69) is 5.32 Å². The second-order valence-electron chi connectivity index (χ2n) is 5.02. The number of carboxylic acids is 1. The first-order chi connectivity index (χ1) is 11.0. The zero-order valence-corrected chi connectivity index (χ0v) is 13.4. The average Bonchev–Trinajstić information content (AvgIpc) is 2.55. The number of hydrogen-bond donors (Lipinski definition) is 2. The highest BCUT2D eigenvalue weighted by molar-refractivity contribution is 7.85. The van der Waals surface area contributed by atoms with Crippen LogP contribution in [0.3, 0.4) is 0 Å². The summed E-state index contributed by atoms with van der Waals surface area (Å²) in [5, 5.41) is 10.9. The van der Waals surface area contributed by atoms with Gasteiger partial charge in [-0.05, 0) is 36.8 Å². The molecule has 0 saturated carbocycles. The van der Waals surface area contributed by atoms with Gasteiger partial charge in [0.1, 0.15) is 5.25 Å². The summed E-state index contributed by atoms with van der Waals surface area (Å²) in [7, 11) is -1.40. The van der Waals surface area contributed by atoms with Gasteiger partial charge in [0.2, 0.25) is 5.91 Å². The van der Waals surface area contributed by atoms with Gasteiger partial charge in [-0.15, -0.1) is 0 Å². The van der Waals surface area contributed by atoms with Crippen molar-refractivity contribution in [3.05, 3.63) is 65.7 Å². The summed E-state index contributed by atoms with van der Waals surface area (Å²) in [5.41, 5.74) is 1.56. The van der Waals surface area contributed by atoms with Crippen LogP contribution in [0.15, 0.2) is 54.6 Å². The maximum atomic E-state index is 12.3. The van der Waals surface area contributed by atoms with Gasteiger partial charge in [-0.3, -0.25) is 9.00 Å². The zero-order chi connectivity index (χ0) is 16.8. The Kier molecular flexibility index (Phi) is 5.65. The van der Waals surface area contributed by atoms with E-state index < -0.39 is 22.0 Å². The van der Waals surface area contributed by atoms with Gasteiger partial charge < -0.3 is 10.4 Å². The van der Waals surface area contributed by atoms with E-state index >= 15 is 0 Å². The van der Waals surface area contributed by atoms with E-state index in [1.54, 1.807) is 43.3 Å². The van der Waals surface area contributed by atoms with Crippen LogP contribution in [0.2, 0.25) is 0 Å². The maximum absolute atomic E-state index is 12.3. The molecule has 0 fully saturated rings. The van der Waals surface area contributed by atoms with Crippen LogP contribution in [0.1, 0.15) is 22.8 Å². The minimum Gasteiger partial charge on any atom is -0.478 e. The minimum atomic E-state index is -1.40. The molecule has 2 aromatic carbocycles. The molecule has 2 atom stereocenters. The number of carbonyl (C=O) groups excluding carboxylic acids is 1. The Morgan fingerprint density at radius 1 is 1.09 bits per heavy atom. The molecule has 2 unspecified atom stereocenters. The SMILES string of the molecule is CC(C(=O)Nc1ccccc1)S(=O)Cc1ccc(C(=O)O)cc1. The summed E-state index contributed by atoms with van der Waals surface area (Å²) in [6.45, 7) is 1.61. The lowest BCUT2D eigenvalue weighted by Crippen LogP contribution is -2.29. The summed E-state index contributed by atoms with van der Waals surface area (Å²) in [6.07, 6.45) is 0. The molecule has 0 aliphatic rings. The van der Waals surface area contributed by atoms with Crippen molar-refractivity contribution >= 4 is 28.4 Å². The highest BCUT2D eigenvalue weighted by Gasteiger charge is 2.20. The Balaban J connectivity index is 1.96. The van der Waals surface area contributed by atoms with E-state index in [9.17, 15) is 13.8 Å². The molecule has 0 aliphatic carbocycles. The van der Waals surface area contributed by atoms with Crippen molar-refractivity contribution in [2.75, 3.05) is 5.32 Å². The smallest absolute Gasteiger partial charge is 0.335 e. The Bertz CT molecular complexity index is 713. The van der Waals surface area contributed by atoms with E-state index in [-0.39, 0.29) is 17.2 Å². The molecule has 2 rings (SSSR count). The van der Waals surface area contributed by atoms with Crippen LogP contribution < -0.4 is 5.32 Å². The minimum absolute atomic E-state index is 0.175. The van der Waals surface area contributed by atoms with Crippen molar-refractivity contribution in [2.24, 2.45) is 0 Å². The van der Waals surface area contributed by atoms with E-state index in [4.69, 9.17) is 5.11 Å². The number of carbonyl (C=O) groups is 2. The second kappa shape index (κ2) is 7.69. The first kappa shape index (κ1) is 16.9. The quantitative estimate of drug-likeness (QED) is 0.852. The van der Waals surface area contributed by atoms with Crippen LogP contribution in [0.25, 0.3) is 0 Å². The normalized spacial score (nSPS) is 13.1. The number of anilines is 1. The topological polar surface area (TPSA) is 83.5 Å². The van der Waals surface area contributed by atoms with Gasteiger partial charge in [0, 0.05) is 22.2 Å². The highest BCUT2D eigenvalue weighted by atomic mass is 32.2. The molecule has 0 spiro atoms. The van der Waals surface area contributed by atoms with Crippen LogP contribution in [0, 0.1) is 0 Å². The lowest BCUT2D eigenvalue weighted by molar-refractivity contribution is -0.115. The maximum Gasteiger partial charge on any atom is 0.335 e. The molecule has 23 heavy (non-hydrogen) atoms. The van der Waals surface area contributed by atoms with Crippen LogP contribution in [0.4, 0.5) is 5.69 Å². The van der Waals surface area contributed by atoms with Crippen LogP contribution in [0.5, 0.6) is 0 Å². The second-order valence-corrected chi connectivity index (χ2v) is 6.78. The Labute approximate surface area is 136 Å². The zero-order valence-electron chi connectivity index (χ0n) is 12.6. The van der Waals surface area contributed by atoms with Crippen molar-refractivity contribution < 1.29 is 18.9 Å². The number of para-hydroxylation sites is 1. The molecule has 2 aromatic rings. The monoisotopic (exact) mass is 331 g/mol. The molecule has 0 saturated heterocycles. The van der Waals surface area contributed by atoms with Crippen LogP contribution in [-0.2, 0) is 21.3 Å². The number of amides is 1. The number of carboxylic acid groups (broad SMARTS) is 1. The van der Waals surface area contributed by atoms with E-state index in [1.807, 2.05) is 6.07 Å². The molecular weight excluding hydrogens is 314 g/mol. The van der Waals surface area contributed by atoms with Crippen LogP contribution in [-0.4, -0.2) is 26.4 Å².